The lowest BCUT2D eigenvalue weighted by Crippen LogP contribution is -2.30. The fourth-order valence-corrected chi connectivity index (χ4v) is 3.32. The highest BCUT2D eigenvalue weighted by Gasteiger charge is 2.24. The number of nitrogens with one attached hydrogen (secondary N) is 1. The van der Waals surface area contributed by atoms with Crippen molar-refractivity contribution < 1.29 is 9.47 Å². The first-order chi connectivity index (χ1) is 10.2. The summed E-state index contributed by atoms with van der Waals surface area (Å²) in [6, 6.07) is 6.26. The molecular weight excluding hydrogens is 330 g/mol. The minimum absolute atomic E-state index is 0.257. The summed E-state index contributed by atoms with van der Waals surface area (Å²) in [7, 11) is 1.80. The van der Waals surface area contributed by atoms with Crippen LogP contribution in [0.5, 0.6) is 5.75 Å². The highest BCUT2D eigenvalue weighted by atomic mass is 79.9. The highest BCUT2D eigenvalue weighted by Crippen LogP contribution is 2.33. The van der Waals surface area contributed by atoms with Gasteiger partial charge in [-0.1, -0.05) is 19.1 Å². The topological polar surface area (TPSA) is 30.5 Å². The summed E-state index contributed by atoms with van der Waals surface area (Å²) in [5, 5.41) is 3.45. The van der Waals surface area contributed by atoms with Crippen molar-refractivity contribution in [1.29, 1.82) is 0 Å². The minimum atomic E-state index is 0.257. The number of para-hydroxylation sites is 1. The van der Waals surface area contributed by atoms with E-state index in [-0.39, 0.29) is 6.10 Å². The molecule has 2 unspecified atom stereocenters. The maximum Gasteiger partial charge on any atom is 0.138 e. The zero-order valence-corrected chi connectivity index (χ0v) is 14.6. The molecule has 0 heterocycles. The van der Waals surface area contributed by atoms with E-state index in [2.05, 4.69) is 46.4 Å². The van der Waals surface area contributed by atoms with Crippen LogP contribution >= 0.6 is 15.9 Å². The second-order valence-corrected chi connectivity index (χ2v) is 6.52. The van der Waals surface area contributed by atoms with Crippen molar-refractivity contribution in [3.8, 4) is 5.75 Å². The van der Waals surface area contributed by atoms with Gasteiger partial charge in [-0.15, -0.1) is 0 Å². The molecule has 1 fully saturated rings. The van der Waals surface area contributed by atoms with Crippen LogP contribution in [0.2, 0.25) is 0 Å². The first-order valence-corrected chi connectivity index (χ1v) is 8.71. The SMILES string of the molecule is CCCNCc1cccc(Br)c1OC1CCCC(OC)C1. The molecule has 1 aromatic rings. The van der Waals surface area contributed by atoms with Gasteiger partial charge in [0.1, 0.15) is 11.9 Å². The van der Waals surface area contributed by atoms with Gasteiger partial charge in [0, 0.05) is 25.6 Å². The average Bonchev–Trinajstić information content (AvgIpc) is 2.51. The Morgan fingerprint density at radius 3 is 2.86 bits per heavy atom. The van der Waals surface area contributed by atoms with Crippen molar-refractivity contribution in [3.05, 3.63) is 28.2 Å². The Morgan fingerprint density at radius 2 is 2.10 bits per heavy atom. The number of ether oxygens (including phenoxy) is 2. The van der Waals surface area contributed by atoms with Crippen LogP contribution in [-0.2, 0) is 11.3 Å². The van der Waals surface area contributed by atoms with Gasteiger partial charge in [-0.25, -0.2) is 0 Å². The summed E-state index contributed by atoms with van der Waals surface area (Å²) >= 11 is 3.63. The van der Waals surface area contributed by atoms with E-state index in [0.29, 0.717) is 6.10 Å². The molecule has 0 saturated heterocycles. The summed E-state index contributed by atoms with van der Waals surface area (Å²) < 4.78 is 12.8. The molecule has 118 valence electrons. The lowest BCUT2D eigenvalue weighted by molar-refractivity contribution is 0.0204. The predicted octanol–water partition coefficient (Wildman–Crippen LogP) is 4.29. The van der Waals surface area contributed by atoms with Gasteiger partial charge in [0.2, 0.25) is 0 Å². The molecule has 3 nitrogen and oxygen atoms in total. The van der Waals surface area contributed by atoms with E-state index >= 15 is 0 Å². The fourth-order valence-electron chi connectivity index (χ4n) is 2.81. The number of benzene rings is 1. The molecule has 2 atom stereocenters. The molecule has 1 N–H and O–H groups in total. The number of hydrogen-bond acceptors (Lipinski definition) is 3. The normalized spacial score (nSPS) is 22.2. The maximum absolute atomic E-state index is 6.31. The molecule has 0 spiro atoms. The van der Waals surface area contributed by atoms with Gasteiger partial charge in [-0.05, 0) is 54.2 Å². The van der Waals surface area contributed by atoms with Crippen molar-refractivity contribution in [2.24, 2.45) is 0 Å². The molecule has 1 saturated carbocycles. The molecular formula is C17H26BrNO2. The maximum atomic E-state index is 6.31. The molecule has 0 radical (unpaired) electrons. The lowest BCUT2D eigenvalue weighted by atomic mass is 9.95. The van der Waals surface area contributed by atoms with E-state index in [0.717, 1.165) is 49.0 Å². The van der Waals surface area contributed by atoms with Gasteiger partial charge in [-0.2, -0.15) is 0 Å². The molecule has 1 aromatic carbocycles. The molecule has 0 aliphatic heterocycles. The number of rotatable bonds is 7. The monoisotopic (exact) mass is 355 g/mol. The van der Waals surface area contributed by atoms with Gasteiger partial charge in [0.15, 0.2) is 0 Å². The minimum Gasteiger partial charge on any atom is -0.489 e. The summed E-state index contributed by atoms with van der Waals surface area (Å²) in [5.74, 6) is 0.989. The summed E-state index contributed by atoms with van der Waals surface area (Å²) in [6.07, 6.45) is 6.17. The van der Waals surface area contributed by atoms with Crippen LogP contribution in [0.15, 0.2) is 22.7 Å². The van der Waals surface area contributed by atoms with Crippen molar-refractivity contribution in [3.63, 3.8) is 0 Å². The third-order valence-corrected chi connectivity index (χ3v) is 4.61. The standard InChI is InChI=1S/C17H26BrNO2/c1-3-10-19-12-13-6-4-9-16(18)17(13)21-15-8-5-7-14(11-15)20-2/h4,6,9,14-15,19H,3,5,7-8,10-12H2,1-2H3. The Labute approximate surface area is 136 Å². The predicted molar refractivity (Wildman–Crippen MR) is 89.8 cm³/mol. The fraction of sp³-hybridized carbons (Fsp3) is 0.647. The highest BCUT2D eigenvalue weighted by molar-refractivity contribution is 9.10. The van der Waals surface area contributed by atoms with Crippen molar-refractivity contribution in [2.75, 3.05) is 13.7 Å². The Bertz CT molecular complexity index is 439. The van der Waals surface area contributed by atoms with Crippen LogP contribution in [0.1, 0.15) is 44.6 Å². The molecule has 1 aliphatic carbocycles. The molecule has 0 aromatic heterocycles. The third kappa shape index (κ3) is 4.97. The molecule has 0 amide bonds. The first-order valence-electron chi connectivity index (χ1n) is 7.92. The lowest BCUT2D eigenvalue weighted by Gasteiger charge is -2.29. The zero-order valence-electron chi connectivity index (χ0n) is 13.0. The van der Waals surface area contributed by atoms with Crippen molar-refractivity contribution in [2.45, 2.75) is 57.8 Å². The Kier molecular flexibility index (Phi) is 7.00. The van der Waals surface area contributed by atoms with Crippen LogP contribution in [-0.4, -0.2) is 25.9 Å². The zero-order chi connectivity index (χ0) is 15.1. The van der Waals surface area contributed by atoms with E-state index < -0.39 is 0 Å². The van der Waals surface area contributed by atoms with E-state index in [4.69, 9.17) is 9.47 Å². The Hall–Kier alpha value is -0.580. The van der Waals surface area contributed by atoms with E-state index in [1.807, 2.05) is 0 Å². The van der Waals surface area contributed by atoms with E-state index in [1.54, 1.807) is 7.11 Å². The molecule has 21 heavy (non-hydrogen) atoms. The van der Waals surface area contributed by atoms with Crippen molar-refractivity contribution in [1.82, 2.24) is 5.32 Å². The summed E-state index contributed by atoms with van der Waals surface area (Å²) in [4.78, 5) is 0. The largest absolute Gasteiger partial charge is 0.489 e. The smallest absolute Gasteiger partial charge is 0.138 e. The summed E-state index contributed by atoms with van der Waals surface area (Å²) in [5.41, 5.74) is 1.22. The Morgan fingerprint density at radius 1 is 1.29 bits per heavy atom. The number of hydrogen-bond donors (Lipinski definition) is 1. The van der Waals surface area contributed by atoms with Gasteiger partial charge in [-0.3, -0.25) is 0 Å². The van der Waals surface area contributed by atoms with Crippen molar-refractivity contribution >= 4 is 15.9 Å². The average molecular weight is 356 g/mol. The number of halogens is 1. The third-order valence-electron chi connectivity index (χ3n) is 3.99. The second-order valence-electron chi connectivity index (χ2n) is 5.67. The summed E-state index contributed by atoms with van der Waals surface area (Å²) in [6.45, 7) is 4.06. The van der Waals surface area contributed by atoms with Crippen LogP contribution < -0.4 is 10.1 Å². The number of methoxy groups -OCH3 is 1. The molecule has 2 rings (SSSR count). The second kappa shape index (κ2) is 8.76. The van der Waals surface area contributed by atoms with Crippen LogP contribution in [0.3, 0.4) is 0 Å². The van der Waals surface area contributed by atoms with Crippen LogP contribution in [0, 0.1) is 0 Å². The van der Waals surface area contributed by atoms with Crippen LogP contribution in [0.4, 0.5) is 0 Å². The molecule has 4 heteroatoms. The van der Waals surface area contributed by atoms with Gasteiger partial charge >= 0.3 is 0 Å². The molecule has 0 bridgehead atoms. The molecule has 1 aliphatic rings. The first kappa shape index (κ1) is 16.8. The van der Waals surface area contributed by atoms with Gasteiger partial charge < -0.3 is 14.8 Å². The van der Waals surface area contributed by atoms with Gasteiger partial charge in [0.05, 0.1) is 10.6 Å². The van der Waals surface area contributed by atoms with Crippen LogP contribution in [0.25, 0.3) is 0 Å². The van der Waals surface area contributed by atoms with Gasteiger partial charge in [0.25, 0.3) is 0 Å². The van der Waals surface area contributed by atoms with E-state index in [1.165, 1.54) is 12.0 Å². The Balaban J connectivity index is 2.03. The quantitative estimate of drug-likeness (QED) is 0.740. The van der Waals surface area contributed by atoms with E-state index in [9.17, 15) is 0 Å².